The third kappa shape index (κ3) is 3.96. The Bertz CT molecular complexity index is 223. The van der Waals surface area contributed by atoms with Crippen molar-refractivity contribution in [2.45, 2.75) is 52.6 Å². The number of aliphatic hydroxyl groups is 1. The molecule has 3 atom stereocenters. The van der Waals surface area contributed by atoms with Gasteiger partial charge in [-0.3, -0.25) is 0 Å². The molecule has 2 N–H and O–H groups in total. The van der Waals surface area contributed by atoms with Crippen LogP contribution in [0.2, 0.25) is 0 Å². The van der Waals surface area contributed by atoms with Gasteiger partial charge in [-0.15, -0.1) is 0 Å². The highest BCUT2D eigenvalue weighted by molar-refractivity contribution is 5.07. The molecular formula is C13H25NO. The van der Waals surface area contributed by atoms with Gasteiger partial charge in [-0.25, -0.2) is 0 Å². The Morgan fingerprint density at radius 1 is 1.53 bits per heavy atom. The van der Waals surface area contributed by atoms with Crippen LogP contribution in [0.5, 0.6) is 0 Å². The standard InChI is InChI=1S/C13H25NO/c1-9(2)14-13(8-15)12-6-10(3)5-11(4)7-12/h5,9-10,12-15H,6-8H2,1-4H3. The van der Waals surface area contributed by atoms with Gasteiger partial charge in [-0.1, -0.05) is 32.4 Å². The maximum absolute atomic E-state index is 9.42. The van der Waals surface area contributed by atoms with E-state index in [2.05, 4.69) is 39.1 Å². The summed E-state index contributed by atoms with van der Waals surface area (Å²) in [6.07, 6.45) is 4.69. The third-order valence-electron chi connectivity index (χ3n) is 3.14. The zero-order chi connectivity index (χ0) is 11.4. The lowest BCUT2D eigenvalue weighted by atomic mass is 9.79. The van der Waals surface area contributed by atoms with Gasteiger partial charge in [0.05, 0.1) is 6.61 Å². The Balaban J connectivity index is 2.58. The van der Waals surface area contributed by atoms with Crippen LogP contribution >= 0.6 is 0 Å². The lowest BCUT2D eigenvalue weighted by molar-refractivity contribution is 0.174. The molecule has 3 unspecified atom stereocenters. The number of hydrogen-bond donors (Lipinski definition) is 2. The number of nitrogens with one attached hydrogen (secondary N) is 1. The molecule has 0 heterocycles. The van der Waals surface area contributed by atoms with Gasteiger partial charge in [0.1, 0.15) is 0 Å². The monoisotopic (exact) mass is 211 g/mol. The molecule has 0 saturated carbocycles. The largest absolute Gasteiger partial charge is 0.395 e. The van der Waals surface area contributed by atoms with Crippen molar-refractivity contribution in [2.24, 2.45) is 11.8 Å². The normalized spacial score (nSPS) is 29.1. The van der Waals surface area contributed by atoms with Crippen molar-refractivity contribution in [3.05, 3.63) is 11.6 Å². The molecule has 0 fully saturated rings. The first-order valence-corrected chi connectivity index (χ1v) is 6.07. The molecule has 2 heteroatoms. The van der Waals surface area contributed by atoms with E-state index >= 15 is 0 Å². The second-order valence-corrected chi connectivity index (χ2v) is 5.30. The topological polar surface area (TPSA) is 32.3 Å². The summed E-state index contributed by atoms with van der Waals surface area (Å²) < 4.78 is 0. The summed E-state index contributed by atoms with van der Waals surface area (Å²) in [5.41, 5.74) is 1.47. The molecule has 1 rings (SSSR count). The van der Waals surface area contributed by atoms with Crippen LogP contribution in [0.25, 0.3) is 0 Å². The highest BCUT2D eigenvalue weighted by Gasteiger charge is 2.25. The van der Waals surface area contributed by atoms with Crippen molar-refractivity contribution in [1.29, 1.82) is 0 Å². The van der Waals surface area contributed by atoms with Gasteiger partial charge >= 0.3 is 0 Å². The summed E-state index contributed by atoms with van der Waals surface area (Å²) in [6.45, 7) is 8.99. The second-order valence-electron chi connectivity index (χ2n) is 5.30. The lowest BCUT2D eigenvalue weighted by Crippen LogP contribution is -2.44. The quantitative estimate of drug-likeness (QED) is 0.700. The van der Waals surface area contributed by atoms with Gasteiger partial charge in [0, 0.05) is 12.1 Å². The Morgan fingerprint density at radius 2 is 2.20 bits per heavy atom. The molecule has 0 aromatic rings. The second kappa shape index (κ2) is 5.66. The van der Waals surface area contributed by atoms with Crippen LogP contribution in [-0.4, -0.2) is 23.8 Å². The number of allylic oxidation sites excluding steroid dienone is 2. The van der Waals surface area contributed by atoms with Crippen LogP contribution in [-0.2, 0) is 0 Å². The van der Waals surface area contributed by atoms with E-state index in [0.717, 1.165) is 6.42 Å². The minimum absolute atomic E-state index is 0.253. The SMILES string of the molecule is CC1=CC(C)CC(C(CO)NC(C)C)C1. The van der Waals surface area contributed by atoms with E-state index in [-0.39, 0.29) is 12.6 Å². The zero-order valence-corrected chi connectivity index (χ0v) is 10.5. The highest BCUT2D eigenvalue weighted by atomic mass is 16.3. The highest BCUT2D eigenvalue weighted by Crippen LogP contribution is 2.30. The smallest absolute Gasteiger partial charge is 0.0587 e. The van der Waals surface area contributed by atoms with Gasteiger partial charge < -0.3 is 10.4 Å². The van der Waals surface area contributed by atoms with Crippen molar-refractivity contribution >= 4 is 0 Å². The maximum Gasteiger partial charge on any atom is 0.0587 e. The van der Waals surface area contributed by atoms with E-state index in [0.29, 0.717) is 17.9 Å². The molecule has 88 valence electrons. The average Bonchev–Trinajstić information content (AvgIpc) is 2.12. The molecule has 0 aromatic carbocycles. The maximum atomic E-state index is 9.42. The molecule has 0 bridgehead atoms. The molecule has 15 heavy (non-hydrogen) atoms. The van der Waals surface area contributed by atoms with Crippen LogP contribution in [0.4, 0.5) is 0 Å². The predicted octanol–water partition coefficient (Wildman–Crippen LogP) is 2.34. The van der Waals surface area contributed by atoms with Crippen molar-refractivity contribution in [3.63, 3.8) is 0 Å². The summed E-state index contributed by atoms with van der Waals surface area (Å²) in [4.78, 5) is 0. The summed E-state index contributed by atoms with van der Waals surface area (Å²) in [5, 5.41) is 12.9. The number of hydrogen-bond acceptors (Lipinski definition) is 2. The van der Waals surface area contributed by atoms with Crippen LogP contribution < -0.4 is 5.32 Å². The fourth-order valence-corrected chi connectivity index (χ4v) is 2.67. The molecule has 0 aromatic heterocycles. The first-order chi connectivity index (χ1) is 7.02. The summed E-state index contributed by atoms with van der Waals surface area (Å²) in [6, 6.07) is 0.708. The van der Waals surface area contributed by atoms with E-state index in [1.165, 1.54) is 12.0 Å². The van der Waals surface area contributed by atoms with Gasteiger partial charge in [-0.2, -0.15) is 0 Å². The third-order valence-corrected chi connectivity index (χ3v) is 3.14. The van der Waals surface area contributed by atoms with Crippen LogP contribution in [0.1, 0.15) is 40.5 Å². The molecule has 0 saturated heterocycles. The number of aliphatic hydroxyl groups excluding tert-OH is 1. The minimum Gasteiger partial charge on any atom is -0.395 e. The number of rotatable bonds is 4. The first kappa shape index (κ1) is 12.7. The fourth-order valence-electron chi connectivity index (χ4n) is 2.67. The van der Waals surface area contributed by atoms with Crippen LogP contribution in [0, 0.1) is 11.8 Å². The molecule has 0 amide bonds. The van der Waals surface area contributed by atoms with E-state index < -0.39 is 0 Å². The zero-order valence-electron chi connectivity index (χ0n) is 10.5. The molecule has 1 aliphatic carbocycles. The van der Waals surface area contributed by atoms with Crippen molar-refractivity contribution < 1.29 is 5.11 Å². The molecule has 0 radical (unpaired) electrons. The molecule has 0 aliphatic heterocycles. The first-order valence-electron chi connectivity index (χ1n) is 6.07. The van der Waals surface area contributed by atoms with E-state index in [4.69, 9.17) is 0 Å². The van der Waals surface area contributed by atoms with Gasteiger partial charge in [-0.05, 0) is 31.6 Å². The van der Waals surface area contributed by atoms with Gasteiger partial charge in [0.2, 0.25) is 0 Å². The Labute approximate surface area is 93.8 Å². The fraction of sp³-hybridized carbons (Fsp3) is 0.846. The van der Waals surface area contributed by atoms with Gasteiger partial charge in [0.15, 0.2) is 0 Å². The lowest BCUT2D eigenvalue weighted by Gasteiger charge is -2.33. The molecular weight excluding hydrogens is 186 g/mol. The van der Waals surface area contributed by atoms with Crippen molar-refractivity contribution in [1.82, 2.24) is 5.32 Å². The molecule has 0 spiro atoms. The summed E-state index contributed by atoms with van der Waals surface area (Å²) in [7, 11) is 0. The van der Waals surface area contributed by atoms with E-state index in [9.17, 15) is 5.11 Å². The van der Waals surface area contributed by atoms with Crippen molar-refractivity contribution in [3.8, 4) is 0 Å². The Kier molecular flexibility index (Phi) is 4.81. The van der Waals surface area contributed by atoms with Crippen LogP contribution in [0.15, 0.2) is 11.6 Å². The summed E-state index contributed by atoms with van der Waals surface area (Å²) in [5.74, 6) is 1.25. The molecule has 1 aliphatic rings. The Hall–Kier alpha value is -0.340. The van der Waals surface area contributed by atoms with E-state index in [1.54, 1.807) is 0 Å². The Morgan fingerprint density at radius 3 is 2.67 bits per heavy atom. The van der Waals surface area contributed by atoms with Gasteiger partial charge in [0.25, 0.3) is 0 Å². The predicted molar refractivity (Wildman–Crippen MR) is 64.8 cm³/mol. The summed E-state index contributed by atoms with van der Waals surface area (Å²) >= 11 is 0. The van der Waals surface area contributed by atoms with Crippen LogP contribution in [0.3, 0.4) is 0 Å². The average molecular weight is 211 g/mol. The molecule has 2 nitrogen and oxygen atoms in total. The van der Waals surface area contributed by atoms with E-state index in [1.807, 2.05) is 0 Å². The minimum atomic E-state index is 0.253. The van der Waals surface area contributed by atoms with Crippen molar-refractivity contribution in [2.75, 3.05) is 6.61 Å².